The van der Waals surface area contributed by atoms with Gasteiger partial charge in [0, 0.05) is 17.2 Å². The third-order valence-corrected chi connectivity index (χ3v) is 3.81. The van der Waals surface area contributed by atoms with Crippen molar-refractivity contribution in [3.05, 3.63) is 29.3 Å². The molecule has 1 unspecified atom stereocenters. The number of benzene rings is 1. The first-order valence-electron chi connectivity index (χ1n) is 5.46. The third kappa shape index (κ3) is 2.09. The van der Waals surface area contributed by atoms with Crippen LogP contribution in [-0.2, 0) is 6.42 Å². The summed E-state index contributed by atoms with van der Waals surface area (Å²) in [6, 6.07) is 5.77. The second kappa shape index (κ2) is 4.91. The molecule has 0 bridgehead atoms. The van der Waals surface area contributed by atoms with E-state index in [1.807, 2.05) is 18.2 Å². The smallest absolute Gasteiger partial charge is 0.167 e. The molecule has 0 radical (unpaired) electrons. The van der Waals surface area contributed by atoms with Crippen LogP contribution in [0.25, 0.3) is 0 Å². The predicted molar refractivity (Wildman–Crippen MR) is 67.5 cm³/mol. The maximum Gasteiger partial charge on any atom is 0.167 e. The van der Waals surface area contributed by atoms with Gasteiger partial charge in [0.2, 0.25) is 0 Å². The van der Waals surface area contributed by atoms with Gasteiger partial charge < -0.3 is 4.74 Å². The van der Waals surface area contributed by atoms with Crippen LogP contribution in [0.4, 0.5) is 0 Å². The lowest BCUT2D eigenvalue weighted by Gasteiger charge is -2.23. The van der Waals surface area contributed by atoms with E-state index in [4.69, 9.17) is 4.74 Å². The fourth-order valence-electron chi connectivity index (χ4n) is 2.19. The number of carbonyl (C=O) groups excluding carboxylic acids is 1. The van der Waals surface area contributed by atoms with Crippen molar-refractivity contribution in [1.29, 1.82) is 0 Å². The molecule has 0 saturated carbocycles. The fourth-order valence-corrected chi connectivity index (χ4v) is 2.91. The van der Waals surface area contributed by atoms with E-state index in [0.29, 0.717) is 5.78 Å². The summed E-state index contributed by atoms with van der Waals surface area (Å²) in [5.74, 6) is 2.29. The lowest BCUT2D eigenvalue weighted by Crippen LogP contribution is -2.24. The molecule has 0 fully saturated rings. The summed E-state index contributed by atoms with van der Waals surface area (Å²) >= 11 is 1.75. The van der Waals surface area contributed by atoms with Crippen molar-refractivity contribution in [1.82, 2.24) is 0 Å². The Bertz CT molecular complexity index is 401. The lowest BCUT2D eigenvalue weighted by molar-refractivity contribution is 0.0916. The van der Waals surface area contributed by atoms with Crippen LogP contribution in [0.1, 0.15) is 22.3 Å². The molecule has 0 N–H and O–H groups in total. The van der Waals surface area contributed by atoms with E-state index in [1.54, 1.807) is 18.9 Å². The standard InChI is InChI=1S/C13H16O2S/c1-15-11-5-6-12-9(7-11)3-4-10(8-16-2)13(12)14/h5-7,10H,3-4,8H2,1-2H3. The molecule has 1 aliphatic rings. The van der Waals surface area contributed by atoms with Crippen LogP contribution in [0.3, 0.4) is 0 Å². The van der Waals surface area contributed by atoms with Gasteiger partial charge in [-0.3, -0.25) is 4.79 Å². The molecular weight excluding hydrogens is 220 g/mol. The van der Waals surface area contributed by atoms with Crippen molar-refractivity contribution in [2.24, 2.45) is 5.92 Å². The van der Waals surface area contributed by atoms with Crippen molar-refractivity contribution in [2.45, 2.75) is 12.8 Å². The molecule has 0 spiro atoms. The Hall–Kier alpha value is -0.960. The van der Waals surface area contributed by atoms with Gasteiger partial charge in [-0.15, -0.1) is 0 Å². The summed E-state index contributed by atoms with van der Waals surface area (Å²) < 4.78 is 5.17. The van der Waals surface area contributed by atoms with Crippen molar-refractivity contribution in [2.75, 3.05) is 19.1 Å². The first-order chi connectivity index (χ1) is 7.76. The summed E-state index contributed by atoms with van der Waals surface area (Å²) in [5.41, 5.74) is 2.04. The first-order valence-corrected chi connectivity index (χ1v) is 6.85. The van der Waals surface area contributed by atoms with Gasteiger partial charge in [0.15, 0.2) is 5.78 Å². The number of ketones is 1. The predicted octanol–water partition coefficient (Wildman–Crippen LogP) is 2.80. The van der Waals surface area contributed by atoms with Gasteiger partial charge in [0.05, 0.1) is 7.11 Å². The highest BCUT2D eigenvalue weighted by atomic mass is 32.2. The highest BCUT2D eigenvalue weighted by Crippen LogP contribution is 2.29. The number of rotatable bonds is 3. The number of hydrogen-bond donors (Lipinski definition) is 0. The lowest BCUT2D eigenvalue weighted by atomic mass is 9.83. The zero-order valence-corrected chi connectivity index (χ0v) is 10.5. The molecule has 1 aromatic rings. The first kappa shape index (κ1) is 11.5. The zero-order chi connectivity index (χ0) is 11.5. The van der Waals surface area contributed by atoms with E-state index < -0.39 is 0 Å². The van der Waals surface area contributed by atoms with Crippen LogP contribution < -0.4 is 4.74 Å². The zero-order valence-electron chi connectivity index (χ0n) is 9.66. The van der Waals surface area contributed by atoms with E-state index in [2.05, 4.69) is 6.26 Å². The van der Waals surface area contributed by atoms with Crippen molar-refractivity contribution in [3.8, 4) is 5.75 Å². The number of hydrogen-bond acceptors (Lipinski definition) is 3. The quantitative estimate of drug-likeness (QED) is 0.807. The molecular formula is C13H16O2S. The van der Waals surface area contributed by atoms with Gasteiger partial charge in [0.1, 0.15) is 5.75 Å². The third-order valence-electron chi connectivity index (χ3n) is 3.08. The molecule has 1 aliphatic carbocycles. The highest BCUT2D eigenvalue weighted by Gasteiger charge is 2.26. The van der Waals surface area contributed by atoms with Crippen molar-refractivity contribution in [3.63, 3.8) is 0 Å². The molecule has 0 aromatic heterocycles. The Labute approximate surface area is 100 Å². The monoisotopic (exact) mass is 236 g/mol. The molecule has 1 aromatic carbocycles. The number of thioether (sulfide) groups is 1. The summed E-state index contributed by atoms with van der Waals surface area (Å²) in [5, 5.41) is 0. The van der Waals surface area contributed by atoms with Gasteiger partial charge >= 0.3 is 0 Å². The second-order valence-corrected chi connectivity index (χ2v) is 4.99. The van der Waals surface area contributed by atoms with Crippen LogP contribution in [0.15, 0.2) is 18.2 Å². The van der Waals surface area contributed by atoms with Crippen LogP contribution >= 0.6 is 11.8 Å². The number of aryl methyl sites for hydroxylation is 1. The average Bonchev–Trinajstić information content (AvgIpc) is 2.32. The molecule has 2 nitrogen and oxygen atoms in total. The molecule has 16 heavy (non-hydrogen) atoms. The van der Waals surface area contributed by atoms with Crippen molar-refractivity contribution < 1.29 is 9.53 Å². The second-order valence-electron chi connectivity index (χ2n) is 4.08. The van der Waals surface area contributed by atoms with Crippen LogP contribution in [0.5, 0.6) is 5.75 Å². The summed E-state index contributed by atoms with van der Waals surface area (Å²) in [7, 11) is 1.66. The molecule has 86 valence electrons. The summed E-state index contributed by atoms with van der Waals surface area (Å²) in [6.07, 6.45) is 4.01. The van der Waals surface area contributed by atoms with E-state index in [0.717, 1.165) is 35.5 Å². The number of carbonyl (C=O) groups is 1. The Morgan fingerprint density at radius 1 is 1.50 bits per heavy atom. The Kier molecular flexibility index (Phi) is 3.54. The van der Waals surface area contributed by atoms with Crippen LogP contribution in [0.2, 0.25) is 0 Å². The number of ether oxygens (including phenoxy) is 1. The summed E-state index contributed by atoms with van der Waals surface area (Å²) in [6.45, 7) is 0. The molecule has 0 amide bonds. The van der Waals surface area contributed by atoms with E-state index in [9.17, 15) is 4.79 Å². The molecule has 1 atom stereocenters. The SMILES string of the molecule is COc1ccc2c(c1)CCC(CSC)C2=O. The van der Waals surface area contributed by atoms with Crippen molar-refractivity contribution >= 4 is 17.5 Å². The minimum Gasteiger partial charge on any atom is -0.497 e. The highest BCUT2D eigenvalue weighted by molar-refractivity contribution is 7.98. The van der Waals surface area contributed by atoms with E-state index in [-0.39, 0.29) is 5.92 Å². The van der Waals surface area contributed by atoms with Gasteiger partial charge in [-0.1, -0.05) is 0 Å². The largest absolute Gasteiger partial charge is 0.497 e. The van der Waals surface area contributed by atoms with Gasteiger partial charge in [-0.2, -0.15) is 11.8 Å². The Morgan fingerprint density at radius 3 is 3.00 bits per heavy atom. The molecule has 0 heterocycles. The Balaban J connectivity index is 2.28. The topological polar surface area (TPSA) is 26.3 Å². The fraction of sp³-hybridized carbons (Fsp3) is 0.462. The molecule has 3 heteroatoms. The number of fused-ring (bicyclic) bond motifs is 1. The maximum atomic E-state index is 12.2. The van der Waals surface area contributed by atoms with Gasteiger partial charge in [0.25, 0.3) is 0 Å². The van der Waals surface area contributed by atoms with E-state index >= 15 is 0 Å². The molecule has 0 saturated heterocycles. The average molecular weight is 236 g/mol. The summed E-state index contributed by atoms with van der Waals surface area (Å²) in [4.78, 5) is 12.2. The molecule has 2 rings (SSSR count). The Morgan fingerprint density at radius 2 is 2.31 bits per heavy atom. The van der Waals surface area contributed by atoms with Gasteiger partial charge in [-0.05, 0) is 42.9 Å². The normalized spacial score (nSPS) is 19.4. The van der Waals surface area contributed by atoms with E-state index in [1.165, 1.54) is 0 Å². The number of methoxy groups -OCH3 is 1. The minimum absolute atomic E-state index is 0.205. The molecule has 0 aliphatic heterocycles. The maximum absolute atomic E-state index is 12.2. The van der Waals surface area contributed by atoms with Crippen LogP contribution in [-0.4, -0.2) is 24.9 Å². The van der Waals surface area contributed by atoms with Crippen LogP contribution in [0, 0.1) is 5.92 Å². The minimum atomic E-state index is 0.205. The number of Topliss-reactive ketones (excluding diaryl/α,β-unsaturated/α-hetero) is 1. The van der Waals surface area contributed by atoms with Gasteiger partial charge in [-0.25, -0.2) is 0 Å².